The van der Waals surface area contributed by atoms with E-state index < -0.39 is 15.9 Å². The molecular formula is C8H7BrN6O3S. The normalized spacial score (nSPS) is 11.3. The van der Waals surface area contributed by atoms with Gasteiger partial charge in [0.25, 0.3) is 11.7 Å². The molecule has 0 fully saturated rings. The molecule has 0 aliphatic heterocycles. The Morgan fingerprint density at radius 2 is 2.16 bits per heavy atom. The molecule has 2 aromatic rings. The zero-order valence-electron chi connectivity index (χ0n) is 9.16. The number of H-pyrrole nitrogens is 1. The molecule has 0 unspecified atom stereocenters. The lowest BCUT2D eigenvalue weighted by atomic mass is 10.3. The van der Waals surface area contributed by atoms with Gasteiger partial charge in [-0.2, -0.15) is 5.21 Å². The molecule has 9 nitrogen and oxygen atoms in total. The third-order valence-electron chi connectivity index (χ3n) is 2.07. The minimum absolute atomic E-state index is 0.0723. The number of rotatable bonds is 3. The highest BCUT2D eigenvalue weighted by Crippen LogP contribution is 2.25. The summed E-state index contributed by atoms with van der Waals surface area (Å²) in [5, 5.41) is 19.9. The zero-order valence-corrected chi connectivity index (χ0v) is 11.6. The number of nitrogens with zero attached hydrogens (tertiary/aromatic N) is 3. The Morgan fingerprint density at radius 1 is 1.42 bits per heavy atom. The SMILES string of the molecule is NS(=O)(=O)c1ccc(NC(=O)c2nn[nH]n2)c(Br)c1. The molecule has 1 aromatic carbocycles. The Balaban J connectivity index is 2.25. The summed E-state index contributed by atoms with van der Waals surface area (Å²) in [6.07, 6.45) is 0. The molecule has 0 bridgehead atoms. The Bertz CT molecular complexity index is 714. The van der Waals surface area contributed by atoms with Crippen LogP contribution in [0.25, 0.3) is 0 Å². The fourth-order valence-electron chi connectivity index (χ4n) is 1.21. The van der Waals surface area contributed by atoms with Gasteiger partial charge in [-0.3, -0.25) is 4.79 Å². The molecule has 1 heterocycles. The number of halogens is 1. The maximum atomic E-state index is 11.6. The summed E-state index contributed by atoms with van der Waals surface area (Å²) < 4.78 is 22.6. The van der Waals surface area contributed by atoms with Crippen LogP contribution in [-0.4, -0.2) is 34.9 Å². The molecule has 1 amide bonds. The lowest BCUT2D eigenvalue weighted by Gasteiger charge is -2.06. The van der Waals surface area contributed by atoms with Gasteiger partial charge in [0.1, 0.15) is 0 Å². The summed E-state index contributed by atoms with van der Waals surface area (Å²) in [5.41, 5.74) is 0.349. The zero-order chi connectivity index (χ0) is 14.0. The first-order valence-electron chi connectivity index (χ1n) is 4.75. The van der Waals surface area contributed by atoms with Crippen LogP contribution >= 0.6 is 15.9 Å². The van der Waals surface area contributed by atoms with Crippen molar-refractivity contribution in [1.29, 1.82) is 0 Å². The molecule has 1 aromatic heterocycles. The number of sulfonamides is 1. The summed E-state index contributed by atoms with van der Waals surface area (Å²) in [6.45, 7) is 0. The smallest absolute Gasteiger partial charge is 0.297 e. The fraction of sp³-hybridized carbons (Fsp3) is 0. The van der Waals surface area contributed by atoms with E-state index in [-0.39, 0.29) is 10.7 Å². The van der Waals surface area contributed by atoms with E-state index in [0.717, 1.165) is 0 Å². The maximum absolute atomic E-state index is 11.6. The fourth-order valence-corrected chi connectivity index (χ4v) is 2.38. The van der Waals surface area contributed by atoms with E-state index in [2.05, 4.69) is 41.9 Å². The van der Waals surface area contributed by atoms with E-state index in [1.807, 2.05) is 0 Å². The van der Waals surface area contributed by atoms with Crippen LogP contribution in [0.2, 0.25) is 0 Å². The highest BCUT2D eigenvalue weighted by atomic mass is 79.9. The minimum Gasteiger partial charge on any atom is -0.318 e. The topological polar surface area (TPSA) is 144 Å². The maximum Gasteiger partial charge on any atom is 0.297 e. The monoisotopic (exact) mass is 346 g/mol. The van der Waals surface area contributed by atoms with Gasteiger partial charge in [-0.1, -0.05) is 0 Å². The number of primary sulfonamides is 1. The van der Waals surface area contributed by atoms with Crippen molar-refractivity contribution in [3.8, 4) is 0 Å². The van der Waals surface area contributed by atoms with Crippen molar-refractivity contribution in [3.63, 3.8) is 0 Å². The first-order valence-corrected chi connectivity index (χ1v) is 7.09. The van der Waals surface area contributed by atoms with Gasteiger partial charge in [-0.15, -0.1) is 10.2 Å². The van der Waals surface area contributed by atoms with Crippen LogP contribution in [0, 0.1) is 0 Å². The second kappa shape index (κ2) is 5.03. The number of amides is 1. The number of aromatic nitrogens is 4. The number of hydrogen-bond donors (Lipinski definition) is 3. The Morgan fingerprint density at radius 3 is 2.68 bits per heavy atom. The molecule has 0 spiro atoms. The number of aromatic amines is 1. The summed E-state index contributed by atoms with van der Waals surface area (Å²) in [4.78, 5) is 11.6. The highest BCUT2D eigenvalue weighted by molar-refractivity contribution is 9.10. The number of carbonyl (C=O) groups excluding carboxylic acids is 1. The van der Waals surface area contributed by atoms with E-state index >= 15 is 0 Å². The number of benzene rings is 1. The summed E-state index contributed by atoms with van der Waals surface area (Å²) in [5.74, 6) is -0.722. The predicted octanol–water partition coefficient (Wildman–Crippen LogP) is -0.138. The molecule has 100 valence electrons. The van der Waals surface area contributed by atoms with Crippen LogP contribution in [0.3, 0.4) is 0 Å². The van der Waals surface area contributed by atoms with Gasteiger partial charge in [0.05, 0.1) is 10.6 Å². The quantitative estimate of drug-likeness (QED) is 0.705. The van der Waals surface area contributed by atoms with Crippen molar-refractivity contribution >= 4 is 37.5 Å². The van der Waals surface area contributed by atoms with Crippen molar-refractivity contribution in [2.24, 2.45) is 5.14 Å². The van der Waals surface area contributed by atoms with Gasteiger partial charge in [0.15, 0.2) is 0 Å². The molecule has 11 heteroatoms. The molecule has 0 radical (unpaired) electrons. The Hall–Kier alpha value is -1.85. The number of tetrazole rings is 1. The molecule has 0 atom stereocenters. The van der Waals surface area contributed by atoms with E-state index in [0.29, 0.717) is 10.2 Å². The van der Waals surface area contributed by atoms with Crippen LogP contribution in [0.4, 0.5) is 5.69 Å². The molecular weight excluding hydrogens is 340 g/mol. The molecule has 0 aliphatic carbocycles. The Labute approximate surface area is 115 Å². The second-order valence-corrected chi connectivity index (χ2v) is 5.79. The Kier molecular flexibility index (Phi) is 3.59. The van der Waals surface area contributed by atoms with Crippen molar-refractivity contribution in [3.05, 3.63) is 28.5 Å². The standard InChI is InChI=1S/C8H7BrN6O3S/c9-5-3-4(19(10,17)18)1-2-6(5)11-8(16)7-12-14-15-13-7/h1-3H,(H,11,16)(H2,10,17,18)(H,12,13,14,15). The van der Waals surface area contributed by atoms with Crippen molar-refractivity contribution in [1.82, 2.24) is 20.6 Å². The molecule has 2 rings (SSSR count). The summed E-state index contributed by atoms with van der Waals surface area (Å²) >= 11 is 3.13. The average Bonchev–Trinajstić information content (AvgIpc) is 2.84. The van der Waals surface area contributed by atoms with E-state index in [1.165, 1.54) is 18.2 Å². The number of carbonyl (C=O) groups is 1. The minimum atomic E-state index is -3.80. The molecule has 0 aliphatic rings. The van der Waals surface area contributed by atoms with Crippen LogP contribution in [0.15, 0.2) is 27.6 Å². The van der Waals surface area contributed by atoms with Gasteiger partial charge < -0.3 is 5.32 Å². The second-order valence-electron chi connectivity index (χ2n) is 3.38. The largest absolute Gasteiger partial charge is 0.318 e. The van der Waals surface area contributed by atoms with Crippen molar-refractivity contribution in [2.75, 3.05) is 5.32 Å². The predicted molar refractivity (Wildman–Crippen MR) is 67.6 cm³/mol. The summed E-state index contributed by atoms with van der Waals surface area (Å²) in [7, 11) is -3.80. The molecule has 0 saturated heterocycles. The third-order valence-corrected chi connectivity index (χ3v) is 3.63. The van der Waals surface area contributed by atoms with Crippen molar-refractivity contribution < 1.29 is 13.2 Å². The molecule has 0 saturated carbocycles. The van der Waals surface area contributed by atoms with Crippen LogP contribution < -0.4 is 10.5 Å². The van der Waals surface area contributed by atoms with Gasteiger partial charge in [0, 0.05) is 4.47 Å². The highest BCUT2D eigenvalue weighted by Gasteiger charge is 2.14. The number of hydrogen-bond acceptors (Lipinski definition) is 6. The van der Waals surface area contributed by atoms with Crippen LogP contribution in [0.5, 0.6) is 0 Å². The van der Waals surface area contributed by atoms with Crippen molar-refractivity contribution in [2.45, 2.75) is 4.90 Å². The van der Waals surface area contributed by atoms with Gasteiger partial charge in [0.2, 0.25) is 10.0 Å². The van der Waals surface area contributed by atoms with E-state index in [9.17, 15) is 13.2 Å². The van der Waals surface area contributed by atoms with Crippen LogP contribution in [-0.2, 0) is 10.0 Å². The van der Waals surface area contributed by atoms with Gasteiger partial charge in [-0.05, 0) is 39.3 Å². The van der Waals surface area contributed by atoms with E-state index in [1.54, 1.807) is 0 Å². The van der Waals surface area contributed by atoms with E-state index in [4.69, 9.17) is 5.14 Å². The third kappa shape index (κ3) is 3.13. The molecule has 4 N–H and O–H groups in total. The average molecular weight is 347 g/mol. The summed E-state index contributed by atoms with van der Waals surface area (Å²) in [6, 6.07) is 3.94. The first kappa shape index (κ1) is 13.6. The number of nitrogens with one attached hydrogen (secondary N) is 2. The first-order chi connectivity index (χ1) is 8.88. The number of nitrogens with two attached hydrogens (primary N) is 1. The van der Waals surface area contributed by atoms with Crippen LogP contribution in [0.1, 0.15) is 10.6 Å². The van der Waals surface area contributed by atoms with Gasteiger partial charge >= 0.3 is 0 Å². The number of anilines is 1. The lowest BCUT2D eigenvalue weighted by molar-refractivity contribution is 0.101. The lowest BCUT2D eigenvalue weighted by Crippen LogP contribution is -2.15. The van der Waals surface area contributed by atoms with Gasteiger partial charge in [-0.25, -0.2) is 13.6 Å². The molecule has 19 heavy (non-hydrogen) atoms.